The molecule has 0 bridgehead atoms. The lowest BCUT2D eigenvalue weighted by Gasteiger charge is -2.33. The number of hydrogen-bond acceptors (Lipinski definition) is 4. The zero-order valence-corrected chi connectivity index (χ0v) is 11.6. The molecule has 2 aliphatic carbocycles. The summed E-state index contributed by atoms with van der Waals surface area (Å²) in [7, 11) is 1.94. The normalized spacial score (nSPS) is 23.0. The number of aryl methyl sites for hydroxylation is 1. The Balaban J connectivity index is 1.64. The Morgan fingerprint density at radius 2 is 2.28 bits per heavy atom. The van der Waals surface area contributed by atoms with Crippen molar-refractivity contribution in [2.24, 2.45) is 13.0 Å². The molecular formula is C13H21N3OS. The number of nitrogens with one attached hydrogen (secondary N) is 1. The standard InChI is InChI=1S/C13H21N3OS/c1-16-7-12(6-14-16)18-9-13(8-17,10-2-3-10)15-11-4-5-11/h6-7,10-11,15,17H,2-5,8-9H2,1H3. The molecule has 0 aromatic carbocycles. The third-order valence-corrected chi connectivity index (χ3v) is 5.09. The van der Waals surface area contributed by atoms with E-state index in [1.807, 2.05) is 24.1 Å². The summed E-state index contributed by atoms with van der Waals surface area (Å²) in [6.45, 7) is 0.251. The quantitative estimate of drug-likeness (QED) is 0.733. The van der Waals surface area contributed by atoms with Crippen molar-refractivity contribution in [2.75, 3.05) is 12.4 Å². The number of aromatic nitrogens is 2. The summed E-state index contributed by atoms with van der Waals surface area (Å²) in [5.74, 6) is 1.60. The number of rotatable bonds is 7. The van der Waals surface area contributed by atoms with Crippen LogP contribution in [-0.4, -0.2) is 38.8 Å². The van der Waals surface area contributed by atoms with Crippen molar-refractivity contribution in [2.45, 2.75) is 42.2 Å². The van der Waals surface area contributed by atoms with E-state index in [9.17, 15) is 5.11 Å². The van der Waals surface area contributed by atoms with Gasteiger partial charge in [-0.3, -0.25) is 4.68 Å². The van der Waals surface area contributed by atoms with Gasteiger partial charge in [0, 0.05) is 29.9 Å². The van der Waals surface area contributed by atoms with Crippen molar-refractivity contribution in [1.29, 1.82) is 0 Å². The molecule has 1 atom stereocenters. The lowest BCUT2D eigenvalue weighted by molar-refractivity contribution is 0.157. The van der Waals surface area contributed by atoms with Crippen molar-refractivity contribution in [3.8, 4) is 0 Å². The van der Waals surface area contributed by atoms with Gasteiger partial charge >= 0.3 is 0 Å². The Morgan fingerprint density at radius 1 is 1.50 bits per heavy atom. The molecule has 0 aliphatic heterocycles. The van der Waals surface area contributed by atoms with Crippen LogP contribution in [0.1, 0.15) is 25.7 Å². The van der Waals surface area contributed by atoms with Crippen LogP contribution < -0.4 is 5.32 Å². The molecule has 0 radical (unpaired) electrons. The fraction of sp³-hybridized carbons (Fsp3) is 0.769. The van der Waals surface area contributed by atoms with Crippen molar-refractivity contribution in [3.05, 3.63) is 12.4 Å². The van der Waals surface area contributed by atoms with E-state index in [-0.39, 0.29) is 12.1 Å². The second-order valence-electron chi connectivity index (χ2n) is 5.65. The lowest BCUT2D eigenvalue weighted by Crippen LogP contribution is -2.53. The van der Waals surface area contributed by atoms with Gasteiger partial charge in [0.05, 0.1) is 18.3 Å². The minimum atomic E-state index is -0.0678. The van der Waals surface area contributed by atoms with Crippen LogP contribution in [0.2, 0.25) is 0 Å². The van der Waals surface area contributed by atoms with Crippen LogP contribution in [0, 0.1) is 5.92 Å². The van der Waals surface area contributed by atoms with Gasteiger partial charge in [0.1, 0.15) is 0 Å². The highest BCUT2D eigenvalue weighted by Gasteiger charge is 2.47. The van der Waals surface area contributed by atoms with E-state index in [2.05, 4.69) is 10.4 Å². The smallest absolute Gasteiger partial charge is 0.0625 e. The molecule has 1 aromatic heterocycles. The Kier molecular flexibility index (Phi) is 3.38. The number of thioether (sulfide) groups is 1. The molecule has 3 rings (SSSR count). The third-order valence-electron chi connectivity index (χ3n) is 3.89. The van der Waals surface area contributed by atoms with E-state index in [0.717, 1.165) is 5.75 Å². The van der Waals surface area contributed by atoms with Crippen molar-refractivity contribution >= 4 is 11.8 Å². The Labute approximate surface area is 112 Å². The minimum Gasteiger partial charge on any atom is -0.394 e. The van der Waals surface area contributed by atoms with Crippen LogP contribution in [0.5, 0.6) is 0 Å². The molecule has 1 unspecified atom stereocenters. The van der Waals surface area contributed by atoms with Gasteiger partial charge < -0.3 is 10.4 Å². The van der Waals surface area contributed by atoms with Gasteiger partial charge in [-0.05, 0) is 31.6 Å². The summed E-state index contributed by atoms with van der Waals surface area (Å²) in [6.07, 6.45) is 8.99. The highest BCUT2D eigenvalue weighted by molar-refractivity contribution is 7.99. The number of hydrogen-bond donors (Lipinski definition) is 2. The molecule has 0 amide bonds. The number of aliphatic hydroxyl groups is 1. The van der Waals surface area contributed by atoms with E-state index in [4.69, 9.17) is 0 Å². The van der Waals surface area contributed by atoms with Gasteiger partial charge in [0.25, 0.3) is 0 Å². The minimum absolute atomic E-state index is 0.0678. The molecule has 5 heteroatoms. The van der Waals surface area contributed by atoms with E-state index in [1.165, 1.54) is 30.6 Å². The van der Waals surface area contributed by atoms with Gasteiger partial charge in [-0.1, -0.05) is 0 Å². The fourth-order valence-electron chi connectivity index (χ4n) is 2.45. The summed E-state index contributed by atoms with van der Waals surface area (Å²) < 4.78 is 1.83. The van der Waals surface area contributed by atoms with Gasteiger partial charge in [-0.25, -0.2) is 0 Å². The molecule has 100 valence electrons. The van der Waals surface area contributed by atoms with E-state index in [0.29, 0.717) is 12.0 Å². The number of aliphatic hydroxyl groups excluding tert-OH is 1. The van der Waals surface area contributed by atoms with Crippen molar-refractivity contribution < 1.29 is 5.11 Å². The summed E-state index contributed by atoms with van der Waals surface area (Å²) in [5, 5.41) is 17.7. The second-order valence-corrected chi connectivity index (χ2v) is 6.69. The predicted molar refractivity (Wildman–Crippen MR) is 72.6 cm³/mol. The maximum absolute atomic E-state index is 9.85. The molecule has 2 fully saturated rings. The monoisotopic (exact) mass is 267 g/mol. The molecule has 2 aliphatic rings. The average Bonchev–Trinajstić information content (AvgIpc) is 3.25. The molecule has 0 spiro atoms. The van der Waals surface area contributed by atoms with Crippen LogP contribution in [0.25, 0.3) is 0 Å². The third kappa shape index (κ3) is 2.73. The van der Waals surface area contributed by atoms with Gasteiger partial charge in [0.2, 0.25) is 0 Å². The highest BCUT2D eigenvalue weighted by Crippen LogP contribution is 2.43. The maximum atomic E-state index is 9.85. The van der Waals surface area contributed by atoms with Crippen LogP contribution in [0.15, 0.2) is 17.3 Å². The van der Waals surface area contributed by atoms with Crippen LogP contribution in [0.3, 0.4) is 0 Å². The summed E-state index contributed by atoms with van der Waals surface area (Å²) in [6, 6.07) is 0.646. The van der Waals surface area contributed by atoms with E-state index in [1.54, 1.807) is 11.8 Å². The molecule has 1 heterocycles. The lowest BCUT2D eigenvalue weighted by atomic mass is 9.96. The first-order valence-corrected chi connectivity index (χ1v) is 7.70. The SMILES string of the molecule is Cn1cc(SCC(CO)(NC2CC2)C2CC2)cn1. The molecule has 18 heavy (non-hydrogen) atoms. The maximum Gasteiger partial charge on any atom is 0.0625 e. The topological polar surface area (TPSA) is 50.1 Å². The summed E-state index contributed by atoms with van der Waals surface area (Å²) >= 11 is 1.81. The zero-order chi connectivity index (χ0) is 12.6. The first-order valence-electron chi connectivity index (χ1n) is 6.72. The van der Waals surface area contributed by atoms with Crippen LogP contribution in [-0.2, 0) is 7.05 Å². The Hall–Kier alpha value is -0.520. The largest absolute Gasteiger partial charge is 0.394 e. The Morgan fingerprint density at radius 3 is 2.78 bits per heavy atom. The van der Waals surface area contributed by atoms with E-state index < -0.39 is 0 Å². The molecular weight excluding hydrogens is 246 g/mol. The highest BCUT2D eigenvalue weighted by atomic mass is 32.2. The van der Waals surface area contributed by atoms with Gasteiger partial charge in [-0.15, -0.1) is 11.8 Å². The molecule has 1 aromatic rings. The molecule has 4 nitrogen and oxygen atoms in total. The molecule has 2 saturated carbocycles. The first kappa shape index (κ1) is 12.5. The predicted octanol–water partition coefficient (Wildman–Crippen LogP) is 1.41. The Bertz CT molecular complexity index is 414. The fourth-order valence-corrected chi connectivity index (χ4v) is 3.64. The van der Waals surface area contributed by atoms with Crippen molar-refractivity contribution in [1.82, 2.24) is 15.1 Å². The molecule has 0 saturated heterocycles. The number of nitrogens with zero attached hydrogens (tertiary/aromatic N) is 2. The van der Waals surface area contributed by atoms with Gasteiger partial charge in [-0.2, -0.15) is 5.10 Å². The summed E-state index contributed by atoms with van der Waals surface area (Å²) in [5.41, 5.74) is -0.0678. The van der Waals surface area contributed by atoms with Crippen LogP contribution >= 0.6 is 11.8 Å². The zero-order valence-electron chi connectivity index (χ0n) is 10.8. The second kappa shape index (κ2) is 4.87. The van der Waals surface area contributed by atoms with Gasteiger partial charge in [0.15, 0.2) is 0 Å². The summed E-state index contributed by atoms with van der Waals surface area (Å²) in [4.78, 5) is 1.19. The first-order chi connectivity index (χ1) is 8.72. The average molecular weight is 267 g/mol. The van der Waals surface area contributed by atoms with Crippen molar-refractivity contribution in [3.63, 3.8) is 0 Å². The van der Waals surface area contributed by atoms with E-state index >= 15 is 0 Å². The van der Waals surface area contributed by atoms with Crippen LogP contribution in [0.4, 0.5) is 0 Å². The molecule has 2 N–H and O–H groups in total.